The number of carbonyl (C=O) groups excluding carboxylic acids is 1. The molecule has 0 saturated carbocycles. The number of nitrogens with zero attached hydrogens (tertiary/aromatic N) is 1. The van der Waals surface area contributed by atoms with Gasteiger partial charge >= 0.3 is 6.09 Å². The molecule has 2 N–H and O–H groups in total. The SMILES string of the molecule is CCCCOC(=O)N1CCC(c2ccc(N)c(CC)c2)C1. The molecule has 1 unspecified atom stereocenters. The lowest BCUT2D eigenvalue weighted by Crippen LogP contribution is -2.29. The molecule has 4 heteroatoms. The summed E-state index contributed by atoms with van der Waals surface area (Å²) < 4.78 is 5.28. The van der Waals surface area contributed by atoms with Crippen LogP contribution in [0.5, 0.6) is 0 Å². The summed E-state index contributed by atoms with van der Waals surface area (Å²) in [5, 5.41) is 0. The van der Waals surface area contributed by atoms with Crippen LogP contribution >= 0.6 is 0 Å². The van der Waals surface area contributed by atoms with Crippen molar-refractivity contribution in [3.8, 4) is 0 Å². The van der Waals surface area contributed by atoms with Gasteiger partial charge in [0, 0.05) is 24.7 Å². The number of anilines is 1. The maximum absolute atomic E-state index is 12.0. The Hall–Kier alpha value is -1.71. The Kier molecular flexibility index (Phi) is 5.48. The monoisotopic (exact) mass is 290 g/mol. The number of rotatable bonds is 5. The Morgan fingerprint density at radius 2 is 2.24 bits per heavy atom. The van der Waals surface area contributed by atoms with Gasteiger partial charge in [0.2, 0.25) is 0 Å². The Balaban J connectivity index is 1.94. The summed E-state index contributed by atoms with van der Waals surface area (Å²) in [6.45, 7) is 6.26. The highest BCUT2D eigenvalue weighted by atomic mass is 16.6. The van der Waals surface area contributed by atoms with Crippen LogP contribution in [0.25, 0.3) is 0 Å². The van der Waals surface area contributed by atoms with Gasteiger partial charge in [0.25, 0.3) is 0 Å². The highest BCUT2D eigenvalue weighted by Crippen LogP contribution is 2.29. The molecular weight excluding hydrogens is 264 g/mol. The van der Waals surface area contributed by atoms with Crippen LogP contribution in [0.4, 0.5) is 10.5 Å². The second-order valence-electron chi connectivity index (χ2n) is 5.71. The number of likely N-dealkylation sites (tertiary alicyclic amines) is 1. The zero-order valence-corrected chi connectivity index (χ0v) is 13.1. The highest BCUT2D eigenvalue weighted by Gasteiger charge is 2.28. The minimum Gasteiger partial charge on any atom is -0.449 e. The number of benzene rings is 1. The van der Waals surface area contributed by atoms with Crippen molar-refractivity contribution in [2.24, 2.45) is 0 Å². The molecule has 21 heavy (non-hydrogen) atoms. The van der Waals surface area contributed by atoms with Crippen molar-refractivity contribution in [2.75, 3.05) is 25.4 Å². The number of carbonyl (C=O) groups is 1. The van der Waals surface area contributed by atoms with Crippen molar-refractivity contribution >= 4 is 11.8 Å². The van der Waals surface area contributed by atoms with Crippen LogP contribution in [0, 0.1) is 0 Å². The molecule has 4 nitrogen and oxygen atoms in total. The summed E-state index contributed by atoms with van der Waals surface area (Å²) in [5.41, 5.74) is 9.29. The lowest BCUT2D eigenvalue weighted by atomic mass is 9.95. The van der Waals surface area contributed by atoms with E-state index in [0.717, 1.165) is 44.5 Å². The number of amides is 1. The lowest BCUT2D eigenvalue weighted by Gasteiger charge is -2.17. The number of nitrogens with two attached hydrogens (primary N) is 1. The van der Waals surface area contributed by atoms with Crippen LogP contribution in [-0.2, 0) is 11.2 Å². The van der Waals surface area contributed by atoms with Crippen molar-refractivity contribution in [1.29, 1.82) is 0 Å². The first-order chi connectivity index (χ1) is 10.2. The van der Waals surface area contributed by atoms with Gasteiger partial charge < -0.3 is 15.4 Å². The van der Waals surface area contributed by atoms with Crippen LogP contribution in [0.3, 0.4) is 0 Å². The molecule has 0 radical (unpaired) electrons. The third-order valence-corrected chi connectivity index (χ3v) is 4.19. The van der Waals surface area contributed by atoms with Gasteiger partial charge in [0.15, 0.2) is 0 Å². The molecule has 1 atom stereocenters. The zero-order chi connectivity index (χ0) is 15.2. The van der Waals surface area contributed by atoms with E-state index < -0.39 is 0 Å². The fourth-order valence-corrected chi connectivity index (χ4v) is 2.78. The van der Waals surface area contributed by atoms with E-state index in [1.165, 1.54) is 11.1 Å². The highest BCUT2D eigenvalue weighted by molar-refractivity contribution is 5.68. The van der Waals surface area contributed by atoms with E-state index in [2.05, 4.69) is 26.0 Å². The number of nitrogen functional groups attached to an aromatic ring is 1. The van der Waals surface area contributed by atoms with Gasteiger partial charge in [-0.1, -0.05) is 32.4 Å². The van der Waals surface area contributed by atoms with Gasteiger partial charge in [-0.05, 0) is 36.5 Å². The van der Waals surface area contributed by atoms with Crippen LogP contribution in [0.2, 0.25) is 0 Å². The summed E-state index contributed by atoms with van der Waals surface area (Å²) in [7, 11) is 0. The number of hydrogen-bond acceptors (Lipinski definition) is 3. The van der Waals surface area contributed by atoms with E-state index >= 15 is 0 Å². The fourth-order valence-electron chi connectivity index (χ4n) is 2.78. The van der Waals surface area contributed by atoms with Crippen molar-refractivity contribution in [3.05, 3.63) is 29.3 Å². The third-order valence-electron chi connectivity index (χ3n) is 4.19. The summed E-state index contributed by atoms with van der Waals surface area (Å²) in [6, 6.07) is 6.26. The molecular formula is C17H26N2O2. The molecule has 0 aliphatic carbocycles. The van der Waals surface area contributed by atoms with Crippen molar-refractivity contribution in [2.45, 2.75) is 45.4 Å². The summed E-state index contributed by atoms with van der Waals surface area (Å²) in [5.74, 6) is 0.398. The average molecular weight is 290 g/mol. The van der Waals surface area contributed by atoms with Gasteiger partial charge in [-0.25, -0.2) is 4.79 Å². The van der Waals surface area contributed by atoms with Crippen LogP contribution in [0.1, 0.15) is 50.2 Å². The van der Waals surface area contributed by atoms with Gasteiger partial charge in [-0.2, -0.15) is 0 Å². The minimum atomic E-state index is -0.169. The smallest absolute Gasteiger partial charge is 0.409 e. The molecule has 1 amide bonds. The first kappa shape index (κ1) is 15.7. The van der Waals surface area contributed by atoms with E-state index in [0.29, 0.717) is 12.5 Å². The molecule has 1 heterocycles. The lowest BCUT2D eigenvalue weighted by molar-refractivity contribution is 0.109. The van der Waals surface area contributed by atoms with E-state index in [1.807, 2.05) is 11.0 Å². The minimum absolute atomic E-state index is 0.169. The fraction of sp³-hybridized carbons (Fsp3) is 0.588. The Bertz CT molecular complexity index is 488. The average Bonchev–Trinajstić information content (AvgIpc) is 2.98. The Morgan fingerprint density at radius 1 is 1.43 bits per heavy atom. The molecule has 0 aromatic heterocycles. The van der Waals surface area contributed by atoms with E-state index in [9.17, 15) is 4.79 Å². The van der Waals surface area contributed by atoms with Crippen LogP contribution in [-0.4, -0.2) is 30.7 Å². The van der Waals surface area contributed by atoms with Crippen molar-refractivity contribution < 1.29 is 9.53 Å². The Labute approximate surface area is 127 Å². The first-order valence-electron chi connectivity index (χ1n) is 7.95. The second kappa shape index (κ2) is 7.34. The third kappa shape index (κ3) is 3.90. The van der Waals surface area contributed by atoms with Crippen molar-refractivity contribution in [1.82, 2.24) is 4.90 Å². The van der Waals surface area contributed by atoms with Gasteiger partial charge in [0.1, 0.15) is 0 Å². The maximum Gasteiger partial charge on any atom is 0.409 e. The summed E-state index contributed by atoms with van der Waals surface area (Å²) >= 11 is 0. The molecule has 116 valence electrons. The number of ether oxygens (including phenoxy) is 1. The molecule has 0 bridgehead atoms. The van der Waals surface area contributed by atoms with Gasteiger partial charge in [0.05, 0.1) is 6.61 Å². The van der Waals surface area contributed by atoms with E-state index in [1.54, 1.807) is 0 Å². The number of hydrogen-bond donors (Lipinski definition) is 1. The van der Waals surface area contributed by atoms with E-state index in [4.69, 9.17) is 10.5 Å². The molecule has 1 saturated heterocycles. The predicted molar refractivity (Wildman–Crippen MR) is 85.4 cm³/mol. The quantitative estimate of drug-likeness (QED) is 0.666. The van der Waals surface area contributed by atoms with Crippen LogP contribution < -0.4 is 5.73 Å². The molecule has 2 rings (SSSR count). The molecule has 1 aromatic carbocycles. The molecule has 1 fully saturated rings. The zero-order valence-electron chi connectivity index (χ0n) is 13.1. The largest absolute Gasteiger partial charge is 0.449 e. The summed E-state index contributed by atoms with van der Waals surface area (Å²) in [6.07, 6.45) is 3.74. The van der Waals surface area contributed by atoms with Crippen molar-refractivity contribution in [3.63, 3.8) is 0 Å². The topological polar surface area (TPSA) is 55.6 Å². The van der Waals surface area contributed by atoms with E-state index in [-0.39, 0.29) is 6.09 Å². The van der Waals surface area contributed by atoms with Gasteiger partial charge in [-0.3, -0.25) is 0 Å². The van der Waals surface area contributed by atoms with Crippen LogP contribution in [0.15, 0.2) is 18.2 Å². The summed E-state index contributed by atoms with van der Waals surface area (Å²) in [4.78, 5) is 13.8. The predicted octanol–water partition coefficient (Wildman–Crippen LogP) is 3.56. The molecule has 0 spiro atoms. The molecule has 1 aromatic rings. The standard InChI is InChI=1S/C17H26N2O2/c1-3-5-10-21-17(20)19-9-8-15(12-19)14-6-7-16(18)13(4-2)11-14/h6-7,11,15H,3-5,8-10,12,18H2,1-2H3. The maximum atomic E-state index is 12.0. The first-order valence-corrected chi connectivity index (χ1v) is 7.95. The second-order valence-corrected chi connectivity index (χ2v) is 5.71. The normalized spacial score (nSPS) is 18.0. The van der Waals surface area contributed by atoms with Gasteiger partial charge in [-0.15, -0.1) is 0 Å². The Morgan fingerprint density at radius 3 is 2.95 bits per heavy atom. The molecule has 1 aliphatic rings. The number of aryl methyl sites for hydroxylation is 1. The molecule has 1 aliphatic heterocycles. The number of unbranched alkanes of at least 4 members (excludes halogenated alkanes) is 1.